The Morgan fingerprint density at radius 3 is 2.45 bits per heavy atom. The maximum atomic E-state index is 11.3. The van der Waals surface area contributed by atoms with Crippen LogP contribution in [-0.2, 0) is 14.1 Å². The molecule has 2 fully saturated rings. The van der Waals surface area contributed by atoms with Gasteiger partial charge in [0.25, 0.3) is 0 Å². The fourth-order valence-corrected chi connectivity index (χ4v) is 2.96. The van der Waals surface area contributed by atoms with Crippen LogP contribution >= 0.6 is 0 Å². The van der Waals surface area contributed by atoms with Crippen molar-refractivity contribution in [2.75, 3.05) is 6.54 Å². The Labute approximate surface area is 132 Å². The SMILES string of the molecule is CC1(C)OB(c2cccc(C3CCC(=O)NC3)c2)OC1(C)C. The molecule has 0 aliphatic carbocycles. The number of carbonyl (C=O) groups excluding carboxylic acids is 1. The zero-order valence-corrected chi connectivity index (χ0v) is 13.8. The van der Waals surface area contributed by atoms with E-state index >= 15 is 0 Å². The number of benzene rings is 1. The second-order valence-corrected chi connectivity index (χ2v) is 7.30. The van der Waals surface area contributed by atoms with Gasteiger partial charge in [0.1, 0.15) is 0 Å². The normalized spacial score (nSPS) is 26.8. The zero-order chi connectivity index (χ0) is 16.0. The van der Waals surface area contributed by atoms with Crippen LogP contribution in [0.4, 0.5) is 0 Å². The maximum absolute atomic E-state index is 11.3. The molecule has 0 aromatic heterocycles. The third-order valence-corrected chi connectivity index (χ3v) is 5.17. The van der Waals surface area contributed by atoms with Crippen LogP contribution in [-0.4, -0.2) is 30.8 Å². The van der Waals surface area contributed by atoms with E-state index in [1.54, 1.807) is 0 Å². The second-order valence-electron chi connectivity index (χ2n) is 7.30. The first kappa shape index (κ1) is 15.6. The molecule has 0 bridgehead atoms. The van der Waals surface area contributed by atoms with E-state index in [4.69, 9.17) is 9.31 Å². The predicted molar refractivity (Wildman–Crippen MR) is 87.1 cm³/mol. The summed E-state index contributed by atoms with van der Waals surface area (Å²) in [5.41, 5.74) is 1.64. The van der Waals surface area contributed by atoms with Crippen molar-refractivity contribution in [3.05, 3.63) is 29.8 Å². The average molecular weight is 301 g/mol. The molecule has 0 spiro atoms. The molecular weight excluding hydrogens is 277 g/mol. The van der Waals surface area contributed by atoms with Crippen LogP contribution in [0, 0.1) is 0 Å². The summed E-state index contributed by atoms with van der Waals surface area (Å²) in [6.07, 6.45) is 1.50. The molecule has 1 aromatic rings. The van der Waals surface area contributed by atoms with Gasteiger partial charge in [-0.3, -0.25) is 4.79 Å². The Morgan fingerprint density at radius 1 is 1.18 bits per heavy atom. The summed E-state index contributed by atoms with van der Waals surface area (Å²) in [6.45, 7) is 8.97. The first-order valence-corrected chi connectivity index (χ1v) is 8.01. The fourth-order valence-electron chi connectivity index (χ4n) is 2.96. The molecule has 22 heavy (non-hydrogen) atoms. The van der Waals surface area contributed by atoms with Gasteiger partial charge < -0.3 is 14.6 Å². The van der Waals surface area contributed by atoms with E-state index in [2.05, 4.69) is 45.1 Å². The highest BCUT2D eigenvalue weighted by molar-refractivity contribution is 6.62. The largest absolute Gasteiger partial charge is 0.494 e. The van der Waals surface area contributed by atoms with Gasteiger partial charge in [0.15, 0.2) is 0 Å². The lowest BCUT2D eigenvalue weighted by Gasteiger charge is -2.32. The van der Waals surface area contributed by atoms with Gasteiger partial charge in [-0.1, -0.05) is 24.3 Å². The highest BCUT2D eigenvalue weighted by Crippen LogP contribution is 2.36. The molecule has 0 radical (unpaired) electrons. The van der Waals surface area contributed by atoms with Gasteiger partial charge >= 0.3 is 7.12 Å². The van der Waals surface area contributed by atoms with Crippen LogP contribution in [0.3, 0.4) is 0 Å². The summed E-state index contributed by atoms with van der Waals surface area (Å²) >= 11 is 0. The predicted octanol–water partition coefficient (Wildman–Crippen LogP) is 1.98. The Bertz CT molecular complexity index is 559. The summed E-state index contributed by atoms with van der Waals surface area (Å²) < 4.78 is 12.2. The topological polar surface area (TPSA) is 47.6 Å². The molecule has 4 nitrogen and oxygen atoms in total. The molecule has 2 heterocycles. The summed E-state index contributed by atoms with van der Waals surface area (Å²) in [6, 6.07) is 8.38. The molecule has 118 valence electrons. The molecule has 1 aromatic carbocycles. The smallest absolute Gasteiger partial charge is 0.399 e. The van der Waals surface area contributed by atoms with Crippen molar-refractivity contribution < 1.29 is 14.1 Å². The average Bonchev–Trinajstić information content (AvgIpc) is 2.68. The Balaban J connectivity index is 1.79. The molecule has 1 unspecified atom stereocenters. The van der Waals surface area contributed by atoms with Crippen molar-refractivity contribution in [2.24, 2.45) is 0 Å². The van der Waals surface area contributed by atoms with E-state index < -0.39 is 0 Å². The Kier molecular flexibility index (Phi) is 3.81. The van der Waals surface area contributed by atoms with Gasteiger partial charge in [-0.15, -0.1) is 0 Å². The number of hydrogen-bond donors (Lipinski definition) is 1. The van der Waals surface area contributed by atoms with Crippen LogP contribution in [0.2, 0.25) is 0 Å². The van der Waals surface area contributed by atoms with E-state index in [0.717, 1.165) is 11.9 Å². The van der Waals surface area contributed by atoms with Crippen LogP contribution in [0.1, 0.15) is 52.0 Å². The van der Waals surface area contributed by atoms with E-state index in [1.165, 1.54) is 5.56 Å². The molecule has 1 amide bonds. The molecular formula is C17H24BNO3. The zero-order valence-electron chi connectivity index (χ0n) is 13.8. The van der Waals surface area contributed by atoms with E-state index in [9.17, 15) is 4.79 Å². The molecule has 5 heteroatoms. The monoisotopic (exact) mass is 301 g/mol. The number of hydrogen-bond acceptors (Lipinski definition) is 3. The number of rotatable bonds is 2. The van der Waals surface area contributed by atoms with E-state index in [1.807, 2.05) is 12.1 Å². The highest BCUT2D eigenvalue weighted by Gasteiger charge is 2.51. The van der Waals surface area contributed by atoms with Crippen molar-refractivity contribution in [3.63, 3.8) is 0 Å². The second kappa shape index (κ2) is 5.39. The van der Waals surface area contributed by atoms with Gasteiger partial charge in [0.2, 0.25) is 5.91 Å². The van der Waals surface area contributed by atoms with Gasteiger partial charge in [-0.05, 0) is 45.1 Å². The van der Waals surface area contributed by atoms with Crippen molar-refractivity contribution >= 4 is 18.5 Å². The quantitative estimate of drug-likeness (QED) is 0.850. The lowest BCUT2D eigenvalue weighted by Crippen LogP contribution is -2.41. The van der Waals surface area contributed by atoms with Crippen molar-refractivity contribution in [3.8, 4) is 0 Å². The van der Waals surface area contributed by atoms with Gasteiger partial charge in [0, 0.05) is 18.9 Å². The standard InChI is InChI=1S/C17H24BNO3/c1-16(2)17(3,4)22-18(21-16)14-7-5-6-12(10-14)13-8-9-15(20)19-11-13/h5-7,10,13H,8-9,11H2,1-4H3,(H,19,20). The van der Waals surface area contributed by atoms with Crippen LogP contribution in [0.15, 0.2) is 24.3 Å². The van der Waals surface area contributed by atoms with Crippen LogP contribution in [0.25, 0.3) is 0 Å². The molecule has 2 aliphatic rings. The van der Waals surface area contributed by atoms with Crippen molar-refractivity contribution in [1.82, 2.24) is 5.32 Å². The molecule has 1 atom stereocenters. The summed E-state index contributed by atoms with van der Waals surface area (Å²) in [4.78, 5) is 11.3. The molecule has 0 saturated carbocycles. The Hall–Kier alpha value is -1.33. The first-order chi connectivity index (χ1) is 10.3. The first-order valence-electron chi connectivity index (χ1n) is 8.01. The summed E-state index contributed by atoms with van der Waals surface area (Å²) in [7, 11) is -0.330. The fraction of sp³-hybridized carbons (Fsp3) is 0.588. The van der Waals surface area contributed by atoms with Gasteiger partial charge in [-0.25, -0.2) is 0 Å². The number of piperidine rings is 1. The minimum atomic E-state index is -0.330. The maximum Gasteiger partial charge on any atom is 0.494 e. The lowest BCUT2D eigenvalue weighted by molar-refractivity contribution is -0.122. The van der Waals surface area contributed by atoms with E-state index in [0.29, 0.717) is 18.9 Å². The molecule has 2 saturated heterocycles. The molecule has 1 N–H and O–H groups in total. The third-order valence-electron chi connectivity index (χ3n) is 5.17. The lowest BCUT2D eigenvalue weighted by atomic mass is 9.77. The summed E-state index contributed by atoms with van der Waals surface area (Å²) in [5.74, 6) is 0.526. The molecule has 2 aliphatic heterocycles. The minimum absolute atomic E-state index is 0.151. The number of amides is 1. The third kappa shape index (κ3) is 2.80. The van der Waals surface area contributed by atoms with Crippen molar-refractivity contribution in [1.29, 1.82) is 0 Å². The van der Waals surface area contributed by atoms with Crippen LogP contribution in [0.5, 0.6) is 0 Å². The van der Waals surface area contributed by atoms with Crippen molar-refractivity contribution in [2.45, 2.75) is 57.7 Å². The Morgan fingerprint density at radius 2 is 1.86 bits per heavy atom. The highest BCUT2D eigenvalue weighted by atomic mass is 16.7. The molecule has 3 rings (SSSR count). The van der Waals surface area contributed by atoms with E-state index in [-0.39, 0.29) is 24.2 Å². The van der Waals surface area contributed by atoms with Crippen LogP contribution < -0.4 is 10.8 Å². The minimum Gasteiger partial charge on any atom is -0.399 e. The van der Waals surface area contributed by atoms with Gasteiger partial charge in [-0.2, -0.15) is 0 Å². The number of nitrogens with one attached hydrogen (secondary N) is 1. The van der Waals surface area contributed by atoms with Gasteiger partial charge in [0.05, 0.1) is 11.2 Å². The summed E-state index contributed by atoms with van der Waals surface area (Å²) in [5, 5.41) is 2.94. The number of carbonyl (C=O) groups is 1.